The summed E-state index contributed by atoms with van der Waals surface area (Å²) in [6.45, 7) is 0. The van der Waals surface area contributed by atoms with Gasteiger partial charge in [0.15, 0.2) is 0 Å². The molecule has 2 radical (unpaired) electrons. The number of carboxylic acids is 1. The summed E-state index contributed by atoms with van der Waals surface area (Å²) >= 11 is 5.29. The SMILES string of the molecule is O=C(O)c1ccccc1.S=C(Nc1ccccc1)c1ccccc1.[PbH2]. The first-order chi connectivity index (χ1) is 11.7. The van der Waals surface area contributed by atoms with Crippen molar-refractivity contribution in [2.24, 2.45) is 0 Å². The maximum absolute atomic E-state index is 10.2. The number of hydrogen-bond donors (Lipinski definition) is 2. The van der Waals surface area contributed by atoms with Crippen LogP contribution in [-0.4, -0.2) is 43.4 Å². The van der Waals surface area contributed by atoms with Gasteiger partial charge in [0, 0.05) is 11.3 Å². The first-order valence-corrected chi connectivity index (χ1v) is 7.77. The van der Waals surface area contributed by atoms with Gasteiger partial charge in [-0.2, -0.15) is 0 Å². The van der Waals surface area contributed by atoms with Gasteiger partial charge < -0.3 is 10.4 Å². The van der Waals surface area contributed by atoms with Crippen molar-refractivity contribution in [2.45, 2.75) is 0 Å². The fourth-order valence-corrected chi connectivity index (χ4v) is 2.15. The van der Waals surface area contributed by atoms with E-state index in [0.29, 0.717) is 5.56 Å². The van der Waals surface area contributed by atoms with Gasteiger partial charge in [-0.25, -0.2) is 4.79 Å². The van der Waals surface area contributed by atoms with Crippen molar-refractivity contribution in [1.29, 1.82) is 0 Å². The van der Waals surface area contributed by atoms with Crippen LogP contribution in [0.3, 0.4) is 0 Å². The number of rotatable bonds is 3. The Labute approximate surface area is 172 Å². The van der Waals surface area contributed by atoms with Crippen LogP contribution in [0.1, 0.15) is 15.9 Å². The Balaban J connectivity index is 0.000000270. The van der Waals surface area contributed by atoms with E-state index in [9.17, 15) is 4.79 Å². The van der Waals surface area contributed by atoms with E-state index in [-0.39, 0.29) is 27.3 Å². The number of carbonyl (C=O) groups is 1. The van der Waals surface area contributed by atoms with Crippen molar-refractivity contribution in [3.05, 3.63) is 102 Å². The predicted octanol–water partition coefficient (Wildman–Crippen LogP) is 3.94. The normalized spacial score (nSPS) is 8.96. The van der Waals surface area contributed by atoms with E-state index in [4.69, 9.17) is 17.3 Å². The zero-order chi connectivity index (χ0) is 17.2. The summed E-state index contributed by atoms with van der Waals surface area (Å²) in [7, 11) is 0. The summed E-state index contributed by atoms with van der Waals surface area (Å²) in [6.07, 6.45) is 0. The van der Waals surface area contributed by atoms with Crippen LogP contribution in [-0.2, 0) is 0 Å². The van der Waals surface area contributed by atoms with Gasteiger partial charge in [0.05, 0.1) is 5.56 Å². The monoisotopic (exact) mass is 545 g/mol. The van der Waals surface area contributed by atoms with E-state index in [0.717, 1.165) is 16.2 Å². The summed E-state index contributed by atoms with van der Waals surface area (Å²) in [5, 5.41) is 11.6. The summed E-state index contributed by atoms with van der Waals surface area (Å²) in [5.74, 6) is -0.879. The Morgan fingerprint density at radius 2 is 1.12 bits per heavy atom. The van der Waals surface area contributed by atoms with E-state index >= 15 is 0 Å². The standard InChI is InChI=1S/C13H11NS.C7H6O2.Pb.2H/c15-13(11-7-3-1-4-8-11)14-12-9-5-2-6-10-12;8-7(9)6-4-2-1-3-5-6;;;/h1-10H,(H,14,15);1-5H,(H,8,9);;;. The molecular formula is C20H19NO2PbS. The van der Waals surface area contributed by atoms with Crippen LogP contribution in [0.25, 0.3) is 0 Å². The molecule has 0 spiro atoms. The molecule has 0 bridgehead atoms. The number of carboxylic acid groups (broad SMARTS) is 1. The topological polar surface area (TPSA) is 49.3 Å². The molecule has 0 atom stereocenters. The zero-order valence-corrected chi connectivity index (χ0v) is 19.9. The van der Waals surface area contributed by atoms with Crippen LogP contribution in [0.4, 0.5) is 5.69 Å². The maximum atomic E-state index is 10.2. The van der Waals surface area contributed by atoms with E-state index in [1.54, 1.807) is 30.3 Å². The second-order valence-electron chi connectivity index (χ2n) is 4.86. The van der Waals surface area contributed by atoms with Crippen LogP contribution in [0, 0.1) is 0 Å². The van der Waals surface area contributed by atoms with E-state index in [1.807, 2.05) is 60.7 Å². The van der Waals surface area contributed by atoms with Gasteiger partial charge in [0.25, 0.3) is 0 Å². The van der Waals surface area contributed by atoms with E-state index in [1.165, 1.54) is 0 Å². The molecule has 0 aliphatic rings. The Morgan fingerprint density at radius 1 is 0.720 bits per heavy atom. The van der Waals surface area contributed by atoms with Crippen molar-refractivity contribution in [3.8, 4) is 0 Å². The van der Waals surface area contributed by atoms with Crippen LogP contribution in [0.2, 0.25) is 0 Å². The first kappa shape index (κ1) is 21.0. The molecule has 0 unspecified atom stereocenters. The Morgan fingerprint density at radius 3 is 1.52 bits per heavy atom. The van der Waals surface area contributed by atoms with Gasteiger partial charge in [0.2, 0.25) is 0 Å². The third-order valence-electron chi connectivity index (χ3n) is 3.09. The fourth-order valence-electron chi connectivity index (χ4n) is 1.90. The molecule has 3 aromatic carbocycles. The number of hydrogen-bond acceptors (Lipinski definition) is 2. The van der Waals surface area contributed by atoms with Gasteiger partial charge in [-0.05, 0) is 24.3 Å². The second kappa shape index (κ2) is 11.5. The zero-order valence-electron chi connectivity index (χ0n) is 13.6. The molecule has 0 heterocycles. The number of para-hydroxylation sites is 1. The molecule has 0 saturated heterocycles. The Kier molecular flexibility index (Phi) is 9.64. The number of benzene rings is 3. The van der Waals surface area contributed by atoms with Gasteiger partial charge in [-0.1, -0.05) is 78.9 Å². The summed E-state index contributed by atoms with van der Waals surface area (Å²) in [4.78, 5) is 11.0. The molecule has 3 rings (SSSR count). The van der Waals surface area contributed by atoms with Gasteiger partial charge in [0.1, 0.15) is 4.99 Å². The van der Waals surface area contributed by atoms with Gasteiger partial charge in [-0.15, -0.1) is 0 Å². The quantitative estimate of drug-likeness (QED) is 0.388. The van der Waals surface area contributed by atoms with Crippen molar-refractivity contribution < 1.29 is 9.90 Å². The second-order valence-corrected chi connectivity index (χ2v) is 5.27. The molecule has 3 aromatic rings. The molecule has 5 heteroatoms. The van der Waals surface area contributed by atoms with Crippen LogP contribution in [0.5, 0.6) is 0 Å². The molecule has 2 N–H and O–H groups in total. The third-order valence-corrected chi connectivity index (χ3v) is 3.43. The average Bonchev–Trinajstić information content (AvgIpc) is 2.64. The molecule has 0 fully saturated rings. The predicted molar refractivity (Wildman–Crippen MR) is 110 cm³/mol. The number of anilines is 1. The van der Waals surface area contributed by atoms with Crippen molar-refractivity contribution >= 4 is 56.2 Å². The van der Waals surface area contributed by atoms with Crippen LogP contribution in [0.15, 0.2) is 91.0 Å². The van der Waals surface area contributed by atoms with E-state index < -0.39 is 5.97 Å². The Hall–Kier alpha value is -2.06. The van der Waals surface area contributed by atoms with E-state index in [2.05, 4.69) is 5.32 Å². The first-order valence-electron chi connectivity index (χ1n) is 7.36. The summed E-state index contributed by atoms with van der Waals surface area (Å²) in [6, 6.07) is 28.2. The number of aromatic carboxylic acids is 1. The molecule has 0 aliphatic heterocycles. The van der Waals surface area contributed by atoms with Gasteiger partial charge >= 0.3 is 33.3 Å². The van der Waals surface area contributed by atoms with Crippen LogP contribution < -0.4 is 5.32 Å². The summed E-state index contributed by atoms with van der Waals surface area (Å²) < 4.78 is 0. The number of nitrogens with one attached hydrogen (secondary N) is 1. The summed E-state index contributed by atoms with van der Waals surface area (Å²) in [5.41, 5.74) is 2.39. The van der Waals surface area contributed by atoms with Gasteiger partial charge in [-0.3, -0.25) is 0 Å². The molecule has 126 valence electrons. The Bertz CT molecular complexity index is 781. The molecule has 0 aliphatic carbocycles. The van der Waals surface area contributed by atoms with Crippen LogP contribution >= 0.6 is 12.2 Å². The van der Waals surface area contributed by atoms with Crippen molar-refractivity contribution in [1.82, 2.24) is 0 Å². The fraction of sp³-hybridized carbons (Fsp3) is 0. The number of thiocarbonyl (C=S) groups is 1. The molecule has 0 aromatic heterocycles. The molecule has 3 nitrogen and oxygen atoms in total. The minimum absolute atomic E-state index is 0. The molecular weight excluding hydrogens is 525 g/mol. The third kappa shape index (κ3) is 7.57. The average molecular weight is 545 g/mol. The van der Waals surface area contributed by atoms with Crippen molar-refractivity contribution in [3.63, 3.8) is 0 Å². The minimum atomic E-state index is -0.879. The molecule has 0 saturated carbocycles. The molecule has 0 amide bonds. The van der Waals surface area contributed by atoms with Crippen molar-refractivity contribution in [2.75, 3.05) is 5.32 Å². The molecule has 25 heavy (non-hydrogen) atoms.